The molecule has 4 nitrogen and oxygen atoms in total. The van der Waals surface area contributed by atoms with E-state index in [1.165, 1.54) is 0 Å². The van der Waals surface area contributed by atoms with Gasteiger partial charge in [0, 0.05) is 0 Å². The van der Waals surface area contributed by atoms with Crippen LogP contribution in [0.25, 0.3) is 0 Å². The Hall–Kier alpha value is -0.393. The predicted molar refractivity (Wildman–Crippen MR) is 68.7 cm³/mol. The number of carboxylic acid groups (broad SMARTS) is 1. The summed E-state index contributed by atoms with van der Waals surface area (Å²) < 4.78 is 11.5. The van der Waals surface area contributed by atoms with Gasteiger partial charge in [-0.2, -0.15) is 0 Å². The topological polar surface area (TPSA) is 55.8 Å². The maximum absolute atomic E-state index is 10.7. The SMILES string of the molecule is CC(C)(C)[Si](C)(C)OC1CCC(C(=O)O)OC1. The summed E-state index contributed by atoms with van der Waals surface area (Å²) in [6.07, 6.45) is 0.749. The van der Waals surface area contributed by atoms with Crippen LogP contribution >= 0.6 is 0 Å². The molecule has 0 amide bonds. The van der Waals surface area contributed by atoms with Gasteiger partial charge in [0.05, 0.1) is 12.7 Å². The normalized spacial score (nSPS) is 26.9. The molecular formula is C12H24O4Si. The third-order valence-electron chi connectivity index (χ3n) is 3.78. The molecule has 0 saturated carbocycles. The molecule has 100 valence electrons. The second-order valence-corrected chi connectivity index (χ2v) is 11.0. The van der Waals surface area contributed by atoms with E-state index in [1.807, 2.05) is 0 Å². The summed E-state index contributed by atoms with van der Waals surface area (Å²) in [4.78, 5) is 10.7. The molecule has 1 N–H and O–H groups in total. The van der Waals surface area contributed by atoms with E-state index in [1.54, 1.807) is 0 Å². The van der Waals surface area contributed by atoms with Crippen molar-refractivity contribution in [1.82, 2.24) is 0 Å². The lowest BCUT2D eigenvalue weighted by Gasteiger charge is -2.40. The molecule has 5 heteroatoms. The quantitative estimate of drug-likeness (QED) is 0.793. The Labute approximate surface area is 104 Å². The van der Waals surface area contributed by atoms with Crippen molar-refractivity contribution in [3.05, 3.63) is 0 Å². The highest BCUT2D eigenvalue weighted by molar-refractivity contribution is 6.74. The van der Waals surface area contributed by atoms with E-state index in [0.717, 1.165) is 6.42 Å². The van der Waals surface area contributed by atoms with Gasteiger partial charge in [0.2, 0.25) is 0 Å². The standard InChI is InChI=1S/C12H24O4Si/c1-12(2,3)17(4,5)16-9-6-7-10(11(13)14)15-8-9/h9-10H,6-8H2,1-5H3,(H,13,14). The van der Waals surface area contributed by atoms with Crippen LogP contribution in [0.4, 0.5) is 0 Å². The molecule has 2 unspecified atom stereocenters. The zero-order chi connectivity index (χ0) is 13.3. The molecule has 0 aromatic heterocycles. The largest absolute Gasteiger partial charge is 0.479 e. The molecular weight excluding hydrogens is 236 g/mol. The predicted octanol–water partition coefficient (Wildman–Crippen LogP) is 2.64. The first-order valence-corrected chi connectivity index (χ1v) is 9.06. The first-order valence-electron chi connectivity index (χ1n) is 6.16. The van der Waals surface area contributed by atoms with Crippen molar-refractivity contribution in [3.63, 3.8) is 0 Å². The van der Waals surface area contributed by atoms with E-state index in [9.17, 15) is 4.79 Å². The van der Waals surface area contributed by atoms with Crippen LogP contribution in [0.15, 0.2) is 0 Å². The van der Waals surface area contributed by atoms with Crippen molar-refractivity contribution >= 4 is 14.3 Å². The molecule has 1 saturated heterocycles. The Kier molecular flexibility index (Phi) is 4.38. The molecule has 1 rings (SSSR count). The number of carbonyl (C=O) groups is 1. The highest BCUT2D eigenvalue weighted by Gasteiger charge is 2.40. The van der Waals surface area contributed by atoms with Gasteiger partial charge in [0.25, 0.3) is 0 Å². The molecule has 0 bridgehead atoms. The Balaban J connectivity index is 2.48. The van der Waals surface area contributed by atoms with Crippen molar-refractivity contribution in [2.24, 2.45) is 0 Å². The summed E-state index contributed by atoms with van der Waals surface area (Å²) >= 11 is 0. The smallest absolute Gasteiger partial charge is 0.332 e. The fourth-order valence-corrected chi connectivity index (χ4v) is 2.98. The van der Waals surface area contributed by atoms with E-state index in [2.05, 4.69) is 33.9 Å². The van der Waals surface area contributed by atoms with E-state index in [-0.39, 0.29) is 11.1 Å². The summed E-state index contributed by atoms with van der Waals surface area (Å²) in [6, 6.07) is 0. The van der Waals surface area contributed by atoms with E-state index in [0.29, 0.717) is 13.0 Å². The van der Waals surface area contributed by atoms with E-state index in [4.69, 9.17) is 14.3 Å². The Morgan fingerprint density at radius 3 is 2.29 bits per heavy atom. The minimum atomic E-state index is -1.77. The minimum Gasteiger partial charge on any atom is -0.479 e. The van der Waals surface area contributed by atoms with E-state index >= 15 is 0 Å². The summed E-state index contributed by atoms with van der Waals surface area (Å²) in [6.45, 7) is 11.4. The van der Waals surface area contributed by atoms with Gasteiger partial charge in [0.15, 0.2) is 14.4 Å². The minimum absolute atomic E-state index is 0.0616. The van der Waals surface area contributed by atoms with Gasteiger partial charge >= 0.3 is 5.97 Å². The van der Waals surface area contributed by atoms with Crippen LogP contribution in [0, 0.1) is 0 Å². The molecule has 17 heavy (non-hydrogen) atoms. The molecule has 0 spiro atoms. The van der Waals surface area contributed by atoms with Crippen LogP contribution in [-0.2, 0) is 14.0 Å². The average Bonchev–Trinajstić information content (AvgIpc) is 2.16. The molecule has 1 aliphatic rings. The van der Waals surface area contributed by atoms with Gasteiger partial charge in [-0.1, -0.05) is 20.8 Å². The number of rotatable bonds is 3. The van der Waals surface area contributed by atoms with Crippen LogP contribution in [0.5, 0.6) is 0 Å². The number of carboxylic acids is 1. The molecule has 0 aliphatic carbocycles. The van der Waals surface area contributed by atoms with Crippen molar-refractivity contribution in [3.8, 4) is 0 Å². The fraction of sp³-hybridized carbons (Fsp3) is 0.917. The molecule has 0 aromatic rings. The third-order valence-corrected chi connectivity index (χ3v) is 8.31. The number of aliphatic carboxylic acids is 1. The summed E-state index contributed by atoms with van der Waals surface area (Å²) in [5.74, 6) is -0.865. The maximum Gasteiger partial charge on any atom is 0.332 e. The van der Waals surface area contributed by atoms with Gasteiger partial charge in [-0.25, -0.2) is 4.79 Å². The van der Waals surface area contributed by atoms with Crippen LogP contribution in [-0.4, -0.2) is 38.2 Å². The first kappa shape index (κ1) is 14.7. The molecule has 1 aliphatic heterocycles. The molecule has 1 heterocycles. The Morgan fingerprint density at radius 1 is 1.35 bits per heavy atom. The monoisotopic (exact) mass is 260 g/mol. The third kappa shape index (κ3) is 3.79. The molecule has 0 radical (unpaired) electrons. The highest BCUT2D eigenvalue weighted by Crippen LogP contribution is 2.38. The average molecular weight is 260 g/mol. The second kappa shape index (κ2) is 5.08. The van der Waals surface area contributed by atoms with Gasteiger partial charge in [-0.15, -0.1) is 0 Å². The second-order valence-electron chi connectivity index (χ2n) is 6.24. The van der Waals surface area contributed by atoms with Gasteiger partial charge in [-0.3, -0.25) is 0 Å². The van der Waals surface area contributed by atoms with Crippen molar-refractivity contribution < 1.29 is 19.1 Å². The fourth-order valence-electron chi connectivity index (χ4n) is 1.61. The lowest BCUT2D eigenvalue weighted by molar-refractivity contribution is -0.157. The lowest BCUT2D eigenvalue weighted by atomic mass is 10.1. The van der Waals surface area contributed by atoms with Gasteiger partial charge < -0.3 is 14.3 Å². The van der Waals surface area contributed by atoms with Crippen LogP contribution < -0.4 is 0 Å². The summed E-state index contributed by atoms with van der Waals surface area (Å²) in [5.41, 5.74) is 0. The summed E-state index contributed by atoms with van der Waals surface area (Å²) in [7, 11) is -1.77. The summed E-state index contributed by atoms with van der Waals surface area (Å²) in [5, 5.41) is 9.01. The first-order chi connectivity index (χ1) is 7.63. The zero-order valence-corrected chi connectivity index (χ0v) is 12.4. The van der Waals surface area contributed by atoms with E-state index < -0.39 is 20.4 Å². The van der Waals surface area contributed by atoms with Crippen molar-refractivity contribution in [2.75, 3.05) is 6.61 Å². The lowest BCUT2D eigenvalue weighted by Crippen LogP contribution is -2.47. The number of ether oxygens (including phenoxy) is 1. The molecule has 2 atom stereocenters. The number of hydrogen-bond donors (Lipinski definition) is 1. The number of hydrogen-bond acceptors (Lipinski definition) is 3. The Bertz CT molecular complexity index is 275. The molecule has 1 fully saturated rings. The zero-order valence-electron chi connectivity index (χ0n) is 11.4. The van der Waals surface area contributed by atoms with Crippen molar-refractivity contribution in [2.45, 2.75) is 64.0 Å². The highest BCUT2D eigenvalue weighted by atomic mass is 28.4. The van der Waals surface area contributed by atoms with Crippen LogP contribution in [0.1, 0.15) is 33.6 Å². The van der Waals surface area contributed by atoms with Gasteiger partial charge in [-0.05, 0) is 31.0 Å². The molecule has 0 aromatic carbocycles. The van der Waals surface area contributed by atoms with Gasteiger partial charge in [0.1, 0.15) is 0 Å². The van der Waals surface area contributed by atoms with Crippen LogP contribution in [0.3, 0.4) is 0 Å². The van der Waals surface area contributed by atoms with Crippen LogP contribution in [0.2, 0.25) is 18.1 Å². The Morgan fingerprint density at radius 2 is 1.94 bits per heavy atom. The maximum atomic E-state index is 10.7. The van der Waals surface area contributed by atoms with Crippen molar-refractivity contribution in [1.29, 1.82) is 0 Å².